The third-order valence-corrected chi connectivity index (χ3v) is 2.37. The zero-order valence-corrected chi connectivity index (χ0v) is 9.07. The van der Waals surface area contributed by atoms with Crippen molar-refractivity contribution in [1.29, 1.82) is 0 Å². The SMILES string of the molecule is CC(=O)c1ccc(NCc2ccoc2)cc1. The zero-order chi connectivity index (χ0) is 11.4. The Kier molecular flexibility index (Phi) is 3.05. The van der Waals surface area contributed by atoms with Crippen LogP contribution in [0.3, 0.4) is 0 Å². The van der Waals surface area contributed by atoms with Crippen LogP contribution in [0.1, 0.15) is 22.8 Å². The molecule has 2 aromatic rings. The summed E-state index contributed by atoms with van der Waals surface area (Å²) in [6.45, 7) is 2.28. The Morgan fingerprint density at radius 1 is 1.25 bits per heavy atom. The quantitative estimate of drug-likeness (QED) is 0.797. The molecule has 1 aromatic heterocycles. The van der Waals surface area contributed by atoms with Gasteiger partial charge in [0.2, 0.25) is 0 Å². The summed E-state index contributed by atoms with van der Waals surface area (Å²) in [4.78, 5) is 11.1. The standard InChI is InChI=1S/C13H13NO2/c1-10(15)12-2-4-13(5-3-12)14-8-11-6-7-16-9-11/h2-7,9,14H,8H2,1H3. The first-order valence-electron chi connectivity index (χ1n) is 5.11. The number of ketones is 1. The van der Waals surface area contributed by atoms with Gasteiger partial charge in [0.15, 0.2) is 5.78 Å². The monoisotopic (exact) mass is 215 g/mol. The van der Waals surface area contributed by atoms with E-state index in [2.05, 4.69) is 5.32 Å². The second kappa shape index (κ2) is 4.66. The van der Waals surface area contributed by atoms with Gasteiger partial charge in [-0.3, -0.25) is 4.79 Å². The Hall–Kier alpha value is -2.03. The summed E-state index contributed by atoms with van der Waals surface area (Å²) in [6, 6.07) is 9.35. The Morgan fingerprint density at radius 2 is 2.00 bits per heavy atom. The van der Waals surface area contributed by atoms with E-state index in [0.717, 1.165) is 23.4 Å². The molecule has 0 spiro atoms. The highest BCUT2D eigenvalue weighted by molar-refractivity contribution is 5.94. The Labute approximate surface area is 94.1 Å². The Bertz CT molecular complexity index is 457. The van der Waals surface area contributed by atoms with E-state index >= 15 is 0 Å². The van der Waals surface area contributed by atoms with Crippen molar-refractivity contribution < 1.29 is 9.21 Å². The van der Waals surface area contributed by atoms with Crippen LogP contribution in [0.15, 0.2) is 47.3 Å². The molecule has 0 saturated carbocycles. The van der Waals surface area contributed by atoms with Crippen LogP contribution in [-0.2, 0) is 6.54 Å². The second-order valence-corrected chi connectivity index (χ2v) is 3.62. The minimum absolute atomic E-state index is 0.0846. The second-order valence-electron chi connectivity index (χ2n) is 3.62. The van der Waals surface area contributed by atoms with Crippen molar-refractivity contribution in [2.24, 2.45) is 0 Å². The maximum atomic E-state index is 11.1. The highest BCUT2D eigenvalue weighted by Crippen LogP contribution is 2.11. The molecule has 1 heterocycles. The van der Waals surface area contributed by atoms with Gasteiger partial charge in [0, 0.05) is 23.4 Å². The van der Waals surface area contributed by atoms with Crippen LogP contribution in [0, 0.1) is 0 Å². The normalized spacial score (nSPS) is 10.1. The maximum absolute atomic E-state index is 11.1. The van der Waals surface area contributed by atoms with Crippen molar-refractivity contribution in [1.82, 2.24) is 0 Å². The molecule has 0 bridgehead atoms. The first-order valence-corrected chi connectivity index (χ1v) is 5.11. The number of nitrogens with one attached hydrogen (secondary N) is 1. The molecule has 0 amide bonds. The number of furan rings is 1. The van der Waals surface area contributed by atoms with Crippen LogP contribution in [0.2, 0.25) is 0 Å². The van der Waals surface area contributed by atoms with Gasteiger partial charge in [-0.15, -0.1) is 0 Å². The lowest BCUT2D eigenvalue weighted by Gasteiger charge is -2.04. The molecule has 0 unspecified atom stereocenters. The minimum atomic E-state index is 0.0846. The average molecular weight is 215 g/mol. The van der Waals surface area contributed by atoms with Crippen LogP contribution in [0.5, 0.6) is 0 Å². The number of benzene rings is 1. The molecule has 3 heteroatoms. The van der Waals surface area contributed by atoms with E-state index in [9.17, 15) is 4.79 Å². The molecule has 16 heavy (non-hydrogen) atoms. The largest absolute Gasteiger partial charge is 0.472 e. The van der Waals surface area contributed by atoms with Gasteiger partial charge in [0.25, 0.3) is 0 Å². The van der Waals surface area contributed by atoms with Crippen LogP contribution in [-0.4, -0.2) is 5.78 Å². The topological polar surface area (TPSA) is 42.2 Å². The summed E-state index contributed by atoms with van der Waals surface area (Å²) in [5, 5.41) is 3.24. The molecule has 0 aliphatic rings. The first-order chi connectivity index (χ1) is 7.75. The number of carbonyl (C=O) groups excluding carboxylic acids is 1. The van der Waals surface area contributed by atoms with E-state index in [1.54, 1.807) is 19.5 Å². The highest BCUT2D eigenvalue weighted by atomic mass is 16.3. The predicted molar refractivity (Wildman–Crippen MR) is 62.5 cm³/mol. The van der Waals surface area contributed by atoms with Gasteiger partial charge in [-0.05, 0) is 37.3 Å². The van der Waals surface area contributed by atoms with E-state index in [-0.39, 0.29) is 5.78 Å². The van der Waals surface area contributed by atoms with Gasteiger partial charge in [0.1, 0.15) is 0 Å². The van der Waals surface area contributed by atoms with Crippen molar-refractivity contribution in [3.63, 3.8) is 0 Å². The summed E-state index contributed by atoms with van der Waals surface area (Å²) in [6.07, 6.45) is 3.35. The molecule has 0 radical (unpaired) electrons. The minimum Gasteiger partial charge on any atom is -0.472 e. The van der Waals surface area contributed by atoms with Crippen LogP contribution in [0.4, 0.5) is 5.69 Å². The van der Waals surface area contributed by atoms with Crippen molar-refractivity contribution >= 4 is 11.5 Å². The van der Waals surface area contributed by atoms with Gasteiger partial charge < -0.3 is 9.73 Å². The average Bonchev–Trinajstić information content (AvgIpc) is 2.80. The molecule has 0 aliphatic carbocycles. The molecule has 0 atom stereocenters. The third-order valence-electron chi connectivity index (χ3n) is 2.37. The molecule has 1 aromatic carbocycles. The molecule has 0 fully saturated rings. The lowest BCUT2D eigenvalue weighted by atomic mass is 10.1. The maximum Gasteiger partial charge on any atom is 0.159 e. The lowest BCUT2D eigenvalue weighted by molar-refractivity contribution is 0.101. The van der Waals surface area contributed by atoms with Crippen molar-refractivity contribution in [2.75, 3.05) is 5.32 Å². The molecule has 82 valence electrons. The fraction of sp³-hybridized carbons (Fsp3) is 0.154. The number of carbonyl (C=O) groups is 1. The van der Waals surface area contributed by atoms with Gasteiger partial charge >= 0.3 is 0 Å². The molecular formula is C13H13NO2. The fourth-order valence-corrected chi connectivity index (χ4v) is 1.42. The van der Waals surface area contributed by atoms with Gasteiger partial charge in [-0.1, -0.05) is 0 Å². The zero-order valence-electron chi connectivity index (χ0n) is 9.07. The smallest absolute Gasteiger partial charge is 0.159 e. The number of anilines is 1. The summed E-state index contributed by atoms with van der Waals surface area (Å²) in [5.41, 5.74) is 2.82. The molecular weight excluding hydrogens is 202 g/mol. The van der Waals surface area contributed by atoms with Crippen molar-refractivity contribution in [2.45, 2.75) is 13.5 Å². The molecule has 3 nitrogen and oxygen atoms in total. The third kappa shape index (κ3) is 2.51. The van der Waals surface area contributed by atoms with E-state index in [0.29, 0.717) is 0 Å². The van der Waals surface area contributed by atoms with Crippen LogP contribution in [0.25, 0.3) is 0 Å². The summed E-state index contributed by atoms with van der Waals surface area (Å²) < 4.78 is 4.97. The number of rotatable bonds is 4. The van der Waals surface area contributed by atoms with Crippen molar-refractivity contribution in [3.05, 3.63) is 54.0 Å². The lowest BCUT2D eigenvalue weighted by Crippen LogP contribution is -1.98. The Morgan fingerprint density at radius 3 is 2.56 bits per heavy atom. The number of hydrogen-bond donors (Lipinski definition) is 1. The summed E-state index contributed by atoms with van der Waals surface area (Å²) >= 11 is 0. The molecule has 0 aliphatic heterocycles. The predicted octanol–water partition coefficient (Wildman–Crippen LogP) is 3.09. The molecule has 2 rings (SSSR count). The summed E-state index contributed by atoms with van der Waals surface area (Å²) in [5.74, 6) is 0.0846. The van der Waals surface area contributed by atoms with Crippen LogP contribution < -0.4 is 5.32 Å². The Balaban J connectivity index is 1.98. The van der Waals surface area contributed by atoms with E-state index < -0.39 is 0 Å². The van der Waals surface area contributed by atoms with Crippen LogP contribution >= 0.6 is 0 Å². The van der Waals surface area contributed by atoms with E-state index in [4.69, 9.17) is 4.42 Å². The van der Waals surface area contributed by atoms with Crippen molar-refractivity contribution in [3.8, 4) is 0 Å². The first kappa shape index (κ1) is 10.5. The number of Topliss-reactive ketones (excluding diaryl/α,β-unsaturated/α-hetero) is 1. The molecule has 1 N–H and O–H groups in total. The van der Waals surface area contributed by atoms with E-state index in [1.165, 1.54) is 0 Å². The fourth-order valence-electron chi connectivity index (χ4n) is 1.42. The number of hydrogen-bond acceptors (Lipinski definition) is 3. The van der Waals surface area contributed by atoms with Gasteiger partial charge in [0.05, 0.1) is 12.5 Å². The van der Waals surface area contributed by atoms with Gasteiger partial charge in [-0.25, -0.2) is 0 Å². The molecule has 0 saturated heterocycles. The summed E-state index contributed by atoms with van der Waals surface area (Å²) in [7, 11) is 0. The van der Waals surface area contributed by atoms with Gasteiger partial charge in [-0.2, -0.15) is 0 Å². The highest BCUT2D eigenvalue weighted by Gasteiger charge is 1.99. The van der Waals surface area contributed by atoms with E-state index in [1.807, 2.05) is 30.3 Å².